The number of esters is 1. The van der Waals surface area contributed by atoms with Crippen molar-refractivity contribution < 1.29 is 19.1 Å². The zero-order valence-electron chi connectivity index (χ0n) is 19.6. The maximum absolute atomic E-state index is 13.1. The number of carbonyl (C=O) groups is 3. The fraction of sp³-hybridized carbons (Fsp3) is 0.458. The zero-order chi connectivity index (χ0) is 24.4. The van der Waals surface area contributed by atoms with Crippen molar-refractivity contribution in [3.63, 3.8) is 0 Å². The minimum Gasteiger partial charge on any atom is -0.466 e. The molecule has 2 atom stereocenters. The Bertz CT molecular complexity index is 1170. The van der Waals surface area contributed by atoms with E-state index in [4.69, 9.17) is 4.74 Å². The number of hydrogen-bond donors (Lipinski definition) is 3. The van der Waals surface area contributed by atoms with Gasteiger partial charge in [0, 0.05) is 25.2 Å². The van der Waals surface area contributed by atoms with Gasteiger partial charge in [0.25, 0.3) is 5.56 Å². The topological polar surface area (TPSA) is 133 Å². The summed E-state index contributed by atoms with van der Waals surface area (Å²) in [6.45, 7) is 6.87. The second-order valence-corrected chi connectivity index (χ2v) is 8.86. The molecule has 1 aromatic carbocycles. The maximum Gasteiger partial charge on any atom is 0.310 e. The molecule has 10 nitrogen and oxygen atoms in total. The second kappa shape index (κ2) is 9.66. The highest BCUT2D eigenvalue weighted by atomic mass is 16.5. The van der Waals surface area contributed by atoms with Crippen LogP contribution in [-0.4, -0.2) is 47.4 Å². The van der Waals surface area contributed by atoms with Crippen LogP contribution in [0.1, 0.15) is 48.8 Å². The van der Waals surface area contributed by atoms with Crippen LogP contribution in [0.15, 0.2) is 23.0 Å². The molecule has 0 saturated carbocycles. The van der Waals surface area contributed by atoms with Crippen molar-refractivity contribution in [3.05, 3.63) is 45.2 Å². The highest BCUT2D eigenvalue weighted by molar-refractivity contribution is 6.04. The van der Waals surface area contributed by atoms with Gasteiger partial charge in [0.2, 0.25) is 17.8 Å². The lowest BCUT2D eigenvalue weighted by Gasteiger charge is -2.32. The SMILES string of the molecule is CCOC(=O)C1CCCN(c2nc3c(c(=O)[nH]2)C(C(=O)Nc2cc(C)cc(C)c2)CC(=O)N3)C1. The van der Waals surface area contributed by atoms with Gasteiger partial charge < -0.3 is 20.3 Å². The third kappa shape index (κ3) is 4.95. The molecule has 4 rings (SSSR count). The van der Waals surface area contributed by atoms with E-state index in [0.717, 1.165) is 17.5 Å². The van der Waals surface area contributed by atoms with Crippen molar-refractivity contribution in [3.8, 4) is 0 Å². The summed E-state index contributed by atoms with van der Waals surface area (Å²) in [6.07, 6.45) is 1.28. The Hall–Kier alpha value is -3.69. The largest absolute Gasteiger partial charge is 0.466 e. The number of rotatable bonds is 5. The van der Waals surface area contributed by atoms with E-state index in [9.17, 15) is 19.2 Å². The molecule has 1 saturated heterocycles. The van der Waals surface area contributed by atoms with Gasteiger partial charge in [-0.3, -0.25) is 24.2 Å². The smallest absolute Gasteiger partial charge is 0.310 e. The van der Waals surface area contributed by atoms with Gasteiger partial charge in [-0.2, -0.15) is 4.98 Å². The number of anilines is 3. The number of carbonyl (C=O) groups excluding carboxylic acids is 3. The van der Waals surface area contributed by atoms with Gasteiger partial charge in [0.15, 0.2) is 0 Å². The summed E-state index contributed by atoms with van der Waals surface area (Å²) in [5, 5.41) is 5.46. The molecule has 34 heavy (non-hydrogen) atoms. The molecule has 3 N–H and O–H groups in total. The second-order valence-electron chi connectivity index (χ2n) is 8.86. The number of aryl methyl sites for hydroxylation is 2. The fourth-order valence-corrected chi connectivity index (χ4v) is 4.63. The first-order chi connectivity index (χ1) is 16.2. The average molecular weight is 468 g/mol. The van der Waals surface area contributed by atoms with Gasteiger partial charge in [-0.05, 0) is 56.9 Å². The third-order valence-corrected chi connectivity index (χ3v) is 6.09. The first-order valence-electron chi connectivity index (χ1n) is 11.5. The Morgan fingerprint density at radius 2 is 1.94 bits per heavy atom. The lowest BCUT2D eigenvalue weighted by molar-refractivity contribution is -0.148. The van der Waals surface area contributed by atoms with Crippen molar-refractivity contribution in [2.75, 3.05) is 35.2 Å². The number of nitrogens with zero attached hydrogens (tertiary/aromatic N) is 2. The summed E-state index contributed by atoms with van der Waals surface area (Å²) in [4.78, 5) is 59.8. The molecule has 180 valence electrons. The van der Waals surface area contributed by atoms with Crippen LogP contribution in [0.3, 0.4) is 0 Å². The molecule has 2 unspecified atom stereocenters. The van der Waals surface area contributed by atoms with Gasteiger partial charge in [-0.1, -0.05) is 6.07 Å². The van der Waals surface area contributed by atoms with Gasteiger partial charge in [0.05, 0.1) is 24.0 Å². The van der Waals surface area contributed by atoms with Crippen LogP contribution >= 0.6 is 0 Å². The maximum atomic E-state index is 13.1. The molecule has 3 heterocycles. The lowest BCUT2D eigenvalue weighted by Crippen LogP contribution is -2.42. The summed E-state index contributed by atoms with van der Waals surface area (Å²) < 4.78 is 5.14. The predicted molar refractivity (Wildman–Crippen MR) is 127 cm³/mol. The van der Waals surface area contributed by atoms with Crippen LogP contribution in [0.4, 0.5) is 17.5 Å². The third-order valence-electron chi connectivity index (χ3n) is 6.09. The molecule has 2 aromatic rings. The van der Waals surface area contributed by atoms with Crippen LogP contribution < -0.4 is 21.1 Å². The van der Waals surface area contributed by atoms with Crippen molar-refractivity contribution in [1.29, 1.82) is 0 Å². The van der Waals surface area contributed by atoms with Crippen LogP contribution in [0.2, 0.25) is 0 Å². The summed E-state index contributed by atoms with van der Waals surface area (Å²) in [5.74, 6) is -2.06. The monoisotopic (exact) mass is 467 g/mol. The molecular weight excluding hydrogens is 438 g/mol. The van der Waals surface area contributed by atoms with E-state index >= 15 is 0 Å². The summed E-state index contributed by atoms with van der Waals surface area (Å²) in [6, 6.07) is 5.65. The number of piperidine rings is 1. The van der Waals surface area contributed by atoms with Gasteiger partial charge in [0.1, 0.15) is 5.82 Å². The predicted octanol–water partition coefficient (Wildman–Crippen LogP) is 2.23. The molecule has 2 aliphatic rings. The number of ether oxygens (including phenoxy) is 1. The number of H-pyrrole nitrogens is 1. The van der Waals surface area contributed by atoms with E-state index in [-0.39, 0.29) is 41.5 Å². The first kappa shape index (κ1) is 23.5. The van der Waals surface area contributed by atoms with E-state index < -0.39 is 17.4 Å². The molecule has 0 radical (unpaired) electrons. The molecule has 0 spiro atoms. The lowest BCUT2D eigenvalue weighted by atomic mass is 9.92. The van der Waals surface area contributed by atoms with Crippen LogP contribution in [0, 0.1) is 19.8 Å². The van der Waals surface area contributed by atoms with Crippen molar-refractivity contribution in [2.45, 2.75) is 46.0 Å². The minimum atomic E-state index is -0.969. The number of aromatic amines is 1. The number of nitrogens with one attached hydrogen (secondary N) is 3. The normalized spacial score (nSPS) is 19.7. The van der Waals surface area contributed by atoms with E-state index in [1.165, 1.54) is 0 Å². The summed E-state index contributed by atoms with van der Waals surface area (Å²) in [7, 11) is 0. The standard InChI is InChI=1S/C24H29N5O5/c1-4-34-23(33)15-6-5-7-29(12-15)24-27-20-19(22(32)28-24)17(11-18(30)26-20)21(31)25-16-9-13(2)8-14(3)10-16/h8-10,15,17H,4-7,11-12H2,1-3H3,(H,25,31)(H2,26,27,28,30,32). The van der Waals surface area contributed by atoms with Crippen molar-refractivity contribution in [1.82, 2.24) is 9.97 Å². The average Bonchev–Trinajstić information content (AvgIpc) is 2.77. The molecule has 0 aliphatic carbocycles. The van der Waals surface area contributed by atoms with Gasteiger partial charge in [-0.15, -0.1) is 0 Å². The van der Waals surface area contributed by atoms with E-state index in [1.807, 2.05) is 32.0 Å². The Kier molecular flexibility index (Phi) is 6.67. The molecule has 2 aliphatic heterocycles. The Balaban J connectivity index is 1.60. The van der Waals surface area contributed by atoms with E-state index in [2.05, 4.69) is 20.6 Å². The molecular formula is C24H29N5O5. The Morgan fingerprint density at radius 1 is 1.21 bits per heavy atom. The summed E-state index contributed by atoms with van der Waals surface area (Å²) in [5.41, 5.74) is 2.23. The number of benzene rings is 1. The van der Waals surface area contributed by atoms with Crippen LogP contribution in [-0.2, 0) is 19.1 Å². The minimum absolute atomic E-state index is 0.0776. The molecule has 0 bridgehead atoms. The Labute approximate surface area is 197 Å². The van der Waals surface area contributed by atoms with E-state index in [1.54, 1.807) is 11.8 Å². The fourth-order valence-electron chi connectivity index (χ4n) is 4.63. The highest BCUT2D eigenvalue weighted by Gasteiger charge is 2.36. The summed E-state index contributed by atoms with van der Waals surface area (Å²) >= 11 is 0. The van der Waals surface area contributed by atoms with Gasteiger partial charge >= 0.3 is 5.97 Å². The number of amides is 2. The van der Waals surface area contributed by atoms with Crippen molar-refractivity contribution in [2.24, 2.45) is 5.92 Å². The number of aromatic nitrogens is 2. The first-order valence-corrected chi connectivity index (χ1v) is 11.5. The highest BCUT2D eigenvalue weighted by Crippen LogP contribution is 2.31. The molecule has 1 aromatic heterocycles. The van der Waals surface area contributed by atoms with Crippen molar-refractivity contribution >= 4 is 35.2 Å². The van der Waals surface area contributed by atoms with Gasteiger partial charge in [-0.25, -0.2) is 0 Å². The number of hydrogen-bond acceptors (Lipinski definition) is 7. The van der Waals surface area contributed by atoms with E-state index in [0.29, 0.717) is 31.8 Å². The Morgan fingerprint density at radius 3 is 2.65 bits per heavy atom. The molecule has 10 heteroatoms. The molecule has 1 fully saturated rings. The van der Waals surface area contributed by atoms with Crippen LogP contribution in [0.5, 0.6) is 0 Å². The van der Waals surface area contributed by atoms with Crippen LogP contribution in [0.25, 0.3) is 0 Å². The molecule has 2 amide bonds. The quantitative estimate of drug-likeness (QED) is 0.574. The number of fused-ring (bicyclic) bond motifs is 1. The zero-order valence-corrected chi connectivity index (χ0v) is 19.6.